The second-order valence-electron chi connectivity index (χ2n) is 6.12. The van der Waals surface area contributed by atoms with Gasteiger partial charge in [0.1, 0.15) is 6.72 Å². The zero-order valence-corrected chi connectivity index (χ0v) is 13.6. The van der Waals surface area contributed by atoms with Crippen molar-refractivity contribution in [1.82, 2.24) is 0 Å². The van der Waals surface area contributed by atoms with E-state index in [-0.39, 0.29) is 0 Å². The summed E-state index contributed by atoms with van der Waals surface area (Å²) >= 11 is 0. The molecule has 0 amide bonds. The third-order valence-corrected chi connectivity index (χ3v) is 4.45. The van der Waals surface area contributed by atoms with Crippen LogP contribution in [0.5, 0.6) is 0 Å². The summed E-state index contributed by atoms with van der Waals surface area (Å²) in [5.74, 6) is 0. The van der Waals surface area contributed by atoms with E-state index < -0.39 is 0 Å². The van der Waals surface area contributed by atoms with Crippen LogP contribution in [-0.2, 0) is 12.8 Å². The second-order valence-corrected chi connectivity index (χ2v) is 6.12. The molecule has 2 aromatic rings. The SMILES string of the molecule is C=[n+]1ccc2c(c1-c1ccc(CCCC)cc1C)CC=CC=2. The molecule has 3 rings (SSSR count). The largest absolute Gasteiger partial charge is 0.221 e. The molecule has 1 heteroatoms. The van der Waals surface area contributed by atoms with Crippen LogP contribution in [0, 0.1) is 13.6 Å². The van der Waals surface area contributed by atoms with E-state index in [0.29, 0.717) is 0 Å². The van der Waals surface area contributed by atoms with Gasteiger partial charge in [0.2, 0.25) is 5.69 Å². The molecular weight excluding hydrogens is 266 g/mol. The van der Waals surface area contributed by atoms with E-state index >= 15 is 0 Å². The Morgan fingerprint density at radius 2 is 2.09 bits per heavy atom. The first-order valence-corrected chi connectivity index (χ1v) is 8.19. The molecule has 1 heterocycles. The summed E-state index contributed by atoms with van der Waals surface area (Å²) < 4.78 is 2.01. The van der Waals surface area contributed by atoms with Crippen molar-refractivity contribution in [3.8, 4) is 11.3 Å². The Hall–Kier alpha value is -2.15. The van der Waals surface area contributed by atoms with E-state index in [4.69, 9.17) is 0 Å². The molecule has 0 bridgehead atoms. The first-order valence-electron chi connectivity index (χ1n) is 8.19. The molecule has 1 nitrogen and oxygen atoms in total. The standard InChI is InChI=1S/C21H24N/c1-4-5-8-17-11-12-19(16(2)15-17)21-20-10-7-6-9-18(20)13-14-22(21)3/h6-7,9,11-15H,3-5,8,10H2,1-2H3/q+1. The Kier molecular flexibility index (Phi) is 4.24. The Morgan fingerprint density at radius 1 is 1.23 bits per heavy atom. The third kappa shape index (κ3) is 2.76. The van der Waals surface area contributed by atoms with Crippen molar-refractivity contribution < 1.29 is 4.24 Å². The molecule has 0 fully saturated rings. The highest BCUT2D eigenvalue weighted by Gasteiger charge is 2.18. The number of benzene rings is 1. The number of aromatic nitrogens is 1. The summed E-state index contributed by atoms with van der Waals surface area (Å²) in [4.78, 5) is 0. The lowest BCUT2D eigenvalue weighted by Gasteiger charge is -2.10. The molecule has 22 heavy (non-hydrogen) atoms. The number of hydrogen-bond donors (Lipinski definition) is 0. The highest BCUT2D eigenvalue weighted by atomic mass is 14.8. The monoisotopic (exact) mass is 290 g/mol. The fourth-order valence-electron chi connectivity index (χ4n) is 3.23. The average molecular weight is 290 g/mol. The predicted molar refractivity (Wildman–Crippen MR) is 93.1 cm³/mol. The van der Waals surface area contributed by atoms with Gasteiger partial charge in [-0.1, -0.05) is 43.7 Å². The van der Waals surface area contributed by atoms with Crippen molar-refractivity contribution in [1.29, 1.82) is 0 Å². The van der Waals surface area contributed by atoms with Crippen LogP contribution in [0.1, 0.15) is 36.5 Å². The number of unbranched alkanes of at least 4 members (excludes halogenated alkanes) is 1. The van der Waals surface area contributed by atoms with Crippen LogP contribution in [0.4, 0.5) is 0 Å². The molecule has 0 N–H and O–H groups in total. The third-order valence-electron chi connectivity index (χ3n) is 4.45. The van der Waals surface area contributed by atoms with Crippen molar-refractivity contribution in [3.05, 3.63) is 71.2 Å². The van der Waals surface area contributed by atoms with Crippen LogP contribution in [0.25, 0.3) is 17.3 Å². The van der Waals surface area contributed by atoms with E-state index in [2.05, 4.69) is 69.3 Å². The quantitative estimate of drug-likeness (QED) is 0.755. The van der Waals surface area contributed by atoms with Gasteiger partial charge in [-0.3, -0.25) is 0 Å². The lowest BCUT2D eigenvalue weighted by Crippen LogP contribution is -2.26. The number of fused-ring (bicyclic) bond motifs is 1. The summed E-state index contributed by atoms with van der Waals surface area (Å²) in [7, 11) is 0. The average Bonchev–Trinajstić information content (AvgIpc) is 2.54. The molecule has 0 saturated carbocycles. The molecule has 0 atom stereocenters. The van der Waals surface area contributed by atoms with Gasteiger partial charge in [-0.05, 0) is 48.6 Å². The summed E-state index contributed by atoms with van der Waals surface area (Å²) in [6.45, 7) is 8.65. The van der Waals surface area contributed by atoms with Gasteiger partial charge >= 0.3 is 0 Å². The predicted octanol–water partition coefficient (Wildman–Crippen LogP) is 3.82. The van der Waals surface area contributed by atoms with Crippen molar-refractivity contribution in [3.63, 3.8) is 0 Å². The molecule has 0 spiro atoms. The van der Waals surface area contributed by atoms with Crippen molar-refractivity contribution >= 4 is 6.08 Å². The molecule has 1 aromatic carbocycles. The summed E-state index contributed by atoms with van der Waals surface area (Å²) in [6, 6.07) is 9.04. The number of hydrogen-bond acceptors (Lipinski definition) is 0. The smallest absolute Gasteiger partial charge is 0.173 e. The molecule has 1 aliphatic rings. The van der Waals surface area contributed by atoms with E-state index in [1.54, 1.807) is 0 Å². The van der Waals surface area contributed by atoms with Crippen molar-refractivity contribution in [2.24, 2.45) is 0 Å². The lowest BCUT2D eigenvalue weighted by atomic mass is 9.94. The Morgan fingerprint density at radius 3 is 2.86 bits per heavy atom. The van der Waals surface area contributed by atoms with Gasteiger partial charge in [0, 0.05) is 17.2 Å². The summed E-state index contributed by atoms with van der Waals surface area (Å²) in [6.07, 6.45) is 13.3. The Labute approximate surface area is 133 Å². The highest BCUT2D eigenvalue weighted by molar-refractivity contribution is 5.66. The van der Waals surface area contributed by atoms with Gasteiger partial charge in [-0.2, -0.15) is 4.24 Å². The maximum atomic E-state index is 4.20. The van der Waals surface area contributed by atoms with Crippen LogP contribution < -0.4 is 9.46 Å². The van der Waals surface area contributed by atoms with E-state index in [1.165, 1.54) is 52.4 Å². The number of nitrogens with zero attached hydrogens (tertiary/aromatic N) is 1. The van der Waals surface area contributed by atoms with Gasteiger partial charge in [0.15, 0.2) is 6.20 Å². The zero-order valence-electron chi connectivity index (χ0n) is 13.6. The summed E-state index contributed by atoms with van der Waals surface area (Å²) in [5, 5.41) is 1.31. The van der Waals surface area contributed by atoms with E-state index in [9.17, 15) is 0 Å². The van der Waals surface area contributed by atoms with Crippen LogP contribution in [0.2, 0.25) is 0 Å². The first kappa shape index (κ1) is 14.8. The fraction of sp³-hybridized carbons (Fsp3) is 0.286. The van der Waals surface area contributed by atoms with Gasteiger partial charge in [-0.25, -0.2) is 0 Å². The normalized spacial score (nSPS) is 12.8. The Balaban J connectivity index is 2.11. The number of pyridine rings is 1. The zero-order chi connectivity index (χ0) is 15.5. The molecule has 0 radical (unpaired) electrons. The van der Waals surface area contributed by atoms with Crippen LogP contribution in [0.15, 0.2) is 42.6 Å². The number of allylic oxidation sites excluding steroid dienone is 2. The second kappa shape index (κ2) is 6.31. The van der Waals surface area contributed by atoms with Crippen LogP contribution in [-0.4, -0.2) is 0 Å². The van der Waals surface area contributed by atoms with Gasteiger partial charge in [0.05, 0.1) is 0 Å². The molecule has 0 saturated heterocycles. The first-order chi connectivity index (χ1) is 10.7. The minimum atomic E-state index is 0.981. The van der Waals surface area contributed by atoms with E-state index in [1.807, 2.05) is 4.24 Å². The Bertz CT molecular complexity index is 828. The van der Waals surface area contributed by atoms with Gasteiger partial charge in [-0.15, -0.1) is 0 Å². The van der Waals surface area contributed by atoms with Crippen LogP contribution >= 0.6 is 0 Å². The minimum absolute atomic E-state index is 0.981. The molecule has 0 unspecified atom stereocenters. The topological polar surface area (TPSA) is 5.90 Å². The maximum Gasteiger partial charge on any atom is 0.221 e. The number of aryl methyl sites for hydroxylation is 2. The lowest BCUT2D eigenvalue weighted by molar-refractivity contribution is -0.486. The minimum Gasteiger partial charge on any atom is -0.173 e. The molecule has 1 aromatic heterocycles. The molecule has 1 aliphatic carbocycles. The van der Waals surface area contributed by atoms with Crippen molar-refractivity contribution in [2.75, 3.05) is 0 Å². The van der Waals surface area contributed by atoms with Crippen molar-refractivity contribution in [2.45, 2.75) is 39.5 Å². The van der Waals surface area contributed by atoms with Gasteiger partial charge < -0.3 is 0 Å². The molecule has 112 valence electrons. The van der Waals surface area contributed by atoms with E-state index in [0.717, 1.165) is 6.42 Å². The number of rotatable bonds is 4. The maximum absolute atomic E-state index is 4.20. The highest BCUT2D eigenvalue weighted by Crippen LogP contribution is 2.24. The molecular formula is C21H24N+. The fourth-order valence-corrected chi connectivity index (χ4v) is 3.23. The summed E-state index contributed by atoms with van der Waals surface area (Å²) in [5.41, 5.74) is 6.71. The van der Waals surface area contributed by atoms with Crippen LogP contribution in [0.3, 0.4) is 0 Å². The van der Waals surface area contributed by atoms with Gasteiger partial charge in [0.25, 0.3) is 0 Å². The molecule has 0 aliphatic heterocycles.